The molecule has 0 aliphatic rings. The molecule has 1 atom stereocenters. The van der Waals surface area contributed by atoms with Crippen LogP contribution in [0.3, 0.4) is 0 Å². The summed E-state index contributed by atoms with van der Waals surface area (Å²) in [4.78, 5) is 19.9. The second kappa shape index (κ2) is 6.60. The van der Waals surface area contributed by atoms with Gasteiger partial charge in [0.2, 0.25) is 5.91 Å². The summed E-state index contributed by atoms with van der Waals surface area (Å²) < 4.78 is 0. The average Bonchev–Trinajstić information content (AvgIpc) is 2.94. The van der Waals surface area contributed by atoms with Gasteiger partial charge in [0.15, 0.2) is 0 Å². The van der Waals surface area contributed by atoms with Crippen molar-refractivity contribution in [2.45, 2.75) is 19.4 Å². The van der Waals surface area contributed by atoms with Crippen molar-refractivity contribution >= 4 is 40.1 Å². The first-order chi connectivity index (χ1) is 11.0. The second-order valence-corrected chi connectivity index (χ2v) is 6.18. The van der Waals surface area contributed by atoms with Gasteiger partial charge in [0.1, 0.15) is 5.82 Å². The van der Waals surface area contributed by atoms with E-state index in [0.717, 1.165) is 22.4 Å². The van der Waals surface area contributed by atoms with E-state index in [1.165, 1.54) is 0 Å². The van der Waals surface area contributed by atoms with E-state index in [4.69, 9.17) is 23.2 Å². The molecule has 0 fully saturated rings. The zero-order valence-electron chi connectivity index (χ0n) is 12.4. The first-order valence-corrected chi connectivity index (χ1v) is 7.96. The first-order valence-electron chi connectivity index (χ1n) is 7.21. The minimum Gasteiger partial charge on any atom is -0.346 e. The van der Waals surface area contributed by atoms with Gasteiger partial charge < -0.3 is 10.3 Å². The molecule has 1 aromatic heterocycles. The number of carbonyl (C=O) groups is 1. The number of fused-ring (bicyclic) bond motifs is 1. The van der Waals surface area contributed by atoms with E-state index >= 15 is 0 Å². The molecule has 0 bridgehead atoms. The van der Waals surface area contributed by atoms with E-state index in [0.29, 0.717) is 10.0 Å². The van der Waals surface area contributed by atoms with E-state index in [2.05, 4.69) is 15.3 Å². The van der Waals surface area contributed by atoms with Crippen molar-refractivity contribution < 1.29 is 4.79 Å². The van der Waals surface area contributed by atoms with Crippen molar-refractivity contribution in [1.82, 2.24) is 15.3 Å². The number of nitrogens with zero attached hydrogens (tertiary/aromatic N) is 1. The fourth-order valence-corrected chi connectivity index (χ4v) is 2.85. The standard InChI is InChI=1S/C17H15Cl2N3O/c1-10(17-21-14-4-2-3-5-15(14)22-17)20-16(23)8-11-6-7-12(18)9-13(11)19/h2-7,9-10H,8H2,1H3,(H,20,23)(H,21,22)/t10-/m0/s1. The van der Waals surface area contributed by atoms with Crippen LogP contribution >= 0.6 is 23.2 Å². The minimum atomic E-state index is -0.221. The van der Waals surface area contributed by atoms with Crippen molar-refractivity contribution in [3.05, 3.63) is 63.9 Å². The Morgan fingerprint density at radius 3 is 2.78 bits per heavy atom. The molecule has 0 aliphatic carbocycles. The van der Waals surface area contributed by atoms with E-state index in [9.17, 15) is 4.79 Å². The fourth-order valence-electron chi connectivity index (χ4n) is 2.38. The lowest BCUT2D eigenvalue weighted by Crippen LogP contribution is -2.28. The molecule has 0 saturated heterocycles. The molecule has 4 nitrogen and oxygen atoms in total. The summed E-state index contributed by atoms with van der Waals surface area (Å²) in [5, 5.41) is 3.96. The van der Waals surface area contributed by atoms with Crippen LogP contribution in [-0.2, 0) is 11.2 Å². The molecule has 1 heterocycles. The van der Waals surface area contributed by atoms with Crippen LogP contribution in [0.2, 0.25) is 10.0 Å². The first kappa shape index (κ1) is 15.8. The Hall–Kier alpha value is -2.04. The number of hydrogen-bond donors (Lipinski definition) is 2. The Bertz CT molecular complexity index is 827. The number of halogens is 2. The number of carbonyl (C=O) groups excluding carboxylic acids is 1. The summed E-state index contributed by atoms with van der Waals surface area (Å²) >= 11 is 12.0. The third-order valence-electron chi connectivity index (χ3n) is 3.56. The van der Waals surface area contributed by atoms with Crippen LogP contribution in [0, 0.1) is 0 Å². The molecular weight excluding hydrogens is 333 g/mol. The topological polar surface area (TPSA) is 57.8 Å². The van der Waals surface area contributed by atoms with E-state index in [1.54, 1.807) is 18.2 Å². The maximum atomic E-state index is 12.2. The predicted octanol–water partition coefficient (Wildman–Crippen LogP) is 4.29. The zero-order valence-corrected chi connectivity index (χ0v) is 13.9. The number of nitrogens with one attached hydrogen (secondary N) is 2. The van der Waals surface area contributed by atoms with Crippen molar-refractivity contribution in [3.63, 3.8) is 0 Å². The molecular formula is C17H15Cl2N3O. The summed E-state index contributed by atoms with van der Waals surface area (Å²) in [5.74, 6) is 0.601. The molecule has 0 radical (unpaired) electrons. The van der Waals surface area contributed by atoms with Gasteiger partial charge in [-0.05, 0) is 36.8 Å². The molecule has 3 aromatic rings. The molecule has 1 amide bonds. The summed E-state index contributed by atoms with van der Waals surface area (Å²) in [6.07, 6.45) is 0.195. The highest BCUT2D eigenvalue weighted by Crippen LogP contribution is 2.22. The molecule has 0 aliphatic heterocycles. The van der Waals surface area contributed by atoms with Crippen LogP contribution in [0.15, 0.2) is 42.5 Å². The summed E-state index contributed by atoms with van der Waals surface area (Å²) in [6.45, 7) is 1.89. The van der Waals surface area contributed by atoms with E-state index in [1.807, 2.05) is 31.2 Å². The number of H-pyrrole nitrogens is 1. The quantitative estimate of drug-likeness (QED) is 0.739. The third kappa shape index (κ3) is 3.66. The number of rotatable bonds is 4. The lowest BCUT2D eigenvalue weighted by atomic mass is 10.1. The number of imidazole rings is 1. The van der Waals surface area contributed by atoms with Gasteiger partial charge in [-0.3, -0.25) is 4.79 Å². The summed E-state index contributed by atoms with van der Waals surface area (Å²) in [7, 11) is 0. The lowest BCUT2D eigenvalue weighted by Gasteiger charge is -2.12. The highest BCUT2D eigenvalue weighted by molar-refractivity contribution is 6.35. The Balaban J connectivity index is 1.69. The van der Waals surface area contributed by atoms with Gasteiger partial charge in [-0.25, -0.2) is 4.98 Å². The maximum absolute atomic E-state index is 12.2. The lowest BCUT2D eigenvalue weighted by molar-refractivity contribution is -0.121. The number of aromatic nitrogens is 2. The maximum Gasteiger partial charge on any atom is 0.225 e. The number of para-hydroxylation sites is 2. The molecule has 0 spiro atoms. The number of benzene rings is 2. The van der Waals surface area contributed by atoms with Crippen LogP contribution in [0.4, 0.5) is 0 Å². The normalized spacial score (nSPS) is 12.3. The van der Waals surface area contributed by atoms with Crippen molar-refractivity contribution in [2.75, 3.05) is 0 Å². The van der Waals surface area contributed by atoms with Crippen LogP contribution in [0.1, 0.15) is 24.4 Å². The van der Waals surface area contributed by atoms with E-state index < -0.39 is 0 Å². The Kier molecular flexibility index (Phi) is 4.55. The van der Waals surface area contributed by atoms with Gasteiger partial charge in [0.05, 0.1) is 23.5 Å². The second-order valence-electron chi connectivity index (χ2n) is 5.34. The van der Waals surface area contributed by atoms with Crippen molar-refractivity contribution in [2.24, 2.45) is 0 Å². The van der Waals surface area contributed by atoms with Gasteiger partial charge in [-0.1, -0.05) is 41.4 Å². The molecule has 118 valence electrons. The van der Waals surface area contributed by atoms with Gasteiger partial charge in [-0.15, -0.1) is 0 Å². The van der Waals surface area contributed by atoms with Crippen LogP contribution in [0.5, 0.6) is 0 Å². The third-order valence-corrected chi connectivity index (χ3v) is 4.15. The fraction of sp³-hybridized carbons (Fsp3) is 0.176. The molecule has 6 heteroatoms. The molecule has 23 heavy (non-hydrogen) atoms. The molecule has 2 N–H and O–H groups in total. The van der Waals surface area contributed by atoms with Gasteiger partial charge in [0.25, 0.3) is 0 Å². The minimum absolute atomic E-state index is 0.123. The van der Waals surface area contributed by atoms with E-state index in [-0.39, 0.29) is 18.4 Å². The Morgan fingerprint density at radius 1 is 1.26 bits per heavy atom. The highest BCUT2D eigenvalue weighted by atomic mass is 35.5. The van der Waals surface area contributed by atoms with Crippen LogP contribution < -0.4 is 5.32 Å². The van der Waals surface area contributed by atoms with Crippen molar-refractivity contribution in [3.8, 4) is 0 Å². The Labute approximate surface area is 143 Å². The average molecular weight is 348 g/mol. The molecule has 2 aromatic carbocycles. The summed E-state index contributed by atoms with van der Waals surface area (Å²) in [6, 6.07) is 12.6. The molecule has 0 saturated carbocycles. The number of amides is 1. The largest absolute Gasteiger partial charge is 0.346 e. The smallest absolute Gasteiger partial charge is 0.225 e. The van der Waals surface area contributed by atoms with Gasteiger partial charge in [0, 0.05) is 10.0 Å². The van der Waals surface area contributed by atoms with Crippen LogP contribution in [-0.4, -0.2) is 15.9 Å². The van der Waals surface area contributed by atoms with Crippen molar-refractivity contribution in [1.29, 1.82) is 0 Å². The highest BCUT2D eigenvalue weighted by Gasteiger charge is 2.15. The zero-order chi connectivity index (χ0) is 16.4. The molecule has 3 rings (SSSR count). The summed E-state index contributed by atoms with van der Waals surface area (Å²) in [5.41, 5.74) is 2.57. The number of hydrogen-bond acceptors (Lipinski definition) is 2. The van der Waals surface area contributed by atoms with Gasteiger partial charge >= 0.3 is 0 Å². The number of aromatic amines is 1. The van der Waals surface area contributed by atoms with Gasteiger partial charge in [-0.2, -0.15) is 0 Å². The molecule has 0 unspecified atom stereocenters. The SMILES string of the molecule is C[C@H](NC(=O)Cc1ccc(Cl)cc1Cl)c1nc2ccccc2[nH]1. The Morgan fingerprint density at radius 2 is 2.04 bits per heavy atom. The van der Waals surface area contributed by atoms with Crippen LogP contribution in [0.25, 0.3) is 11.0 Å². The predicted molar refractivity (Wildman–Crippen MR) is 92.8 cm³/mol. The monoisotopic (exact) mass is 347 g/mol.